The van der Waals surface area contributed by atoms with Crippen molar-refractivity contribution in [3.8, 4) is 11.5 Å². The first kappa shape index (κ1) is 13.2. The zero-order valence-corrected chi connectivity index (χ0v) is 11.3. The molecule has 18 heavy (non-hydrogen) atoms. The monoisotopic (exact) mass is 282 g/mol. The summed E-state index contributed by atoms with van der Waals surface area (Å²) >= 11 is 11.9. The molecule has 0 amide bonds. The van der Waals surface area contributed by atoms with Crippen LogP contribution in [0.15, 0.2) is 36.4 Å². The highest BCUT2D eigenvalue weighted by Gasteiger charge is 2.06. The second-order valence-electron chi connectivity index (χ2n) is 3.92. The van der Waals surface area contributed by atoms with Crippen LogP contribution in [0.3, 0.4) is 0 Å². The van der Waals surface area contributed by atoms with Crippen molar-refractivity contribution in [3.63, 3.8) is 0 Å². The quantitative estimate of drug-likeness (QED) is 0.893. The molecule has 2 aromatic carbocycles. The summed E-state index contributed by atoms with van der Waals surface area (Å²) < 4.78 is 5.71. The van der Waals surface area contributed by atoms with Crippen molar-refractivity contribution in [3.05, 3.63) is 57.6 Å². The Bertz CT molecular complexity index is 568. The number of ether oxygens (including phenoxy) is 1. The van der Waals surface area contributed by atoms with E-state index in [1.807, 2.05) is 13.0 Å². The minimum absolute atomic E-state index is 0.0981. The van der Waals surface area contributed by atoms with Crippen LogP contribution in [0.1, 0.15) is 11.1 Å². The highest BCUT2D eigenvalue weighted by Crippen LogP contribution is 2.30. The van der Waals surface area contributed by atoms with E-state index < -0.39 is 0 Å². The molecule has 94 valence electrons. The summed E-state index contributed by atoms with van der Waals surface area (Å²) in [5, 5.41) is 10.5. The van der Waals surface area contributed by atoms with Gasteiger partial charge in [0.2, 0.25) is 0 Å². The molecule has 0 heterocycles. The van der Waals surface area contributed by atoms with Crippen LogP contribution in [0.5, 0.6) is 11.5 Å². The van der Waals surface area contributed by atoms with Gasteiger partial charge in [0.25, 0.3) is 0 Å². The van der Waals surface area contributed by atoms with Crippen LogP contribution in [-0.2, 0) is 6.61 Å². The average Bonchev–Trinajstić information content (AvgIpc) is 2.34. The van der Waals surface area contributed by atoms with Crippen molar-refractivity contribution in [1.29, 1.82) is 0 Å². The average molecular weight is 283 g/mol. The van der Waals surface area contributed by atoms with E-state index >= 15 is 0 Å². The van der Waals surface area contributed by atoms with Gasteiger partial charge in [0, 0.05) is 15.6 Å². The van der Waals surface area contributed by atoms with Crippen LogP contribution in [0.4, 0.5) is 0 Å². The van der Waals surface area contributed by atoms with Gasteiger partial charge in [0.05, 0.1) is 6.61 Å². The van der Waals surface area contributed by atoms with Gasteiger partial charge in [-0.1, -0.05) is 29.3 Å². The first-order valence-electron chi connectivity index (χ1n) is 5.43. The van der Waals surface area contributed by atoms with Crippen LogP contribution < -0.4 is 4.74 Å². The summed E-state index contributed by atoms with van der Waals surface area (Å²) in [6.07, 6.45) is 0. The van der Waals surface area contributed by atoms with Gasteiger partial charge in [-0.3, -0.25) is 0 Å². The zero-order chi connectivity index (χ0) is 13.1. The van der Waals surface area contributed by atoms with E-state index in [1.54, 1.807) is 30.3 Å². The SMILES string of the molecule is Cc1cc(Oc2cc(Cl)ccc2CO)ccc1Cl. The molecule has 2 nitrogen and oxygen atoms in total. The largest absolute Gasteiger partial charge is 0.457 e. The smallest absolute Gasteiger partial charge is 0.134 e. The lowest BCUT2D eigenvalue weighted by Gasteiger charge is -2.11. The molecule has 0 saturated carbocycles. The molecule has 0 aromatic heterocycles. The lowest BCUT2D eigenvalue weighted by molar-refractivity contribution is 0.276. The Morgan fingerprint density at radius 3 is 2.56 bits per heavy atom. The Morgan fingerprint density at radius 2 is 1.89 bits per heavy atom. The molecule has 1 N–H and O–H groups in total. The van der Waals surface area contributed by atoms with Gasteiger partial charge in [-0.2, -0.15) is 0 Å². The lowest BCUT2D eigenvalue weighted by atomic mass is 10.2. The molecule has 0 spiro atoms. The van der Waals surface area contributed by atoms with Crippen LogP contribution in [0.25, 0.3) is 0 Å². The molecule has 4 heteroatoms. The third-order valence-corrected chi connectivity index (χ3v) is 3.22. The summed E-state index contributed by atoms with van der Waals surface area (Å²) in [6.45, 7) is 1.80. The van der Waals surface area contributed by atoms with Crippen LogP contribution >= 0.6 is 23.2 Å². The molecular formula is C14H12Cl2O2. The second kappa shape index (κ2) is 5.61. The van der Waals surface area contributed by atoms with Crippen molar-refractivity contribution >= 4 is 23.2 Å². The van der Waals surface area contributed by atoms with Crippen molar-refractivity contribution < 1.29 is 9.84 Å². The minimum Gasteiger partial charge on any atom is -0.457 e. The van der Waals surface area contributed by atoms with Crippen LogP contribution in [0, 0.1) is 6.92 Å². The van der Waals surface area contributed by atoms with E-state index in [0.29, 0.717) is 27.1 Å². The molecule has 0 aliphatic heterocycles. The maximum atomic E-state index is 9.24. The standard InChI is InChI=1S/C14H12Cl2O2/c1-9-6-12(4-5-13(9)16)18-14-7-11(15)3-2-10(14)8-17/h2-7,17H,8H2,1H3. The summed E-state index contributed by atoms with van der Waals surface area (Å²) in [5.41, 5.74) is 1.62. The van der Waals surface area contributed by atoms with E-state index in [-0.39, 0.29) is 6.61 Å². The molecule has 0 radical (unpaired) electrons. The normalized spacial score (nSPS) is 10.4. The summed E-state index contributed by atoms with van der Waals surface area (Å²) in [5.74, 6) is 1.21. The first-order chi connectivity index (χ1) is 8.60. The van der Waals surface area contributed by atoms with Crippen molar-refractivity contribution in [2.75, 3.05) is 0 Å². The number of rotatable bonds is 3. The van der Waals surface area contributed by atoms with Gasteiger partial charge in [-0.05, 0) is 42.8 Å². The number of halogens is 2. The molecular weight excluding hydrogens is 271 g/mol. The topological polar surface area (TPSA) is 29.5 Å². The van der Waals surface area contributed by atoms with Crippen LogP contribution in [-0.4, -0.2) is 5.11 Å². The predicted octanol–water partition coefficient (Wildman–Crippen LogP) is 4.59. The molecule has 0 bridgehead atoms. The lowest BCUT2D eigenvalue weighted by Crippen LogP contribution is -1.92. The third kappa shape index (κ3) is 2.96. The second-order valence-corrected chi connectivity index (χ2v) is 4.77. The number of benzene rings is 2. The maximum absolute atomic E-state index is 9.24. The van der Waals surface area contributed by atoms with Gasteiger partial charge in [0.1, 0.15) is 11.5 Å². The van der Waals surface area contributed by atoms with Gasteiger partial charge >= 0.3 is 0 Å². The maximum Gasteiger partial charge on any atom is 0.134 e. The Labute approximate surface area is 116 Å². The summed E-state index contributed by atoms with van der Waals surface area (Å²) in [7, 11) is 0. The van der Waals surface area contributed by atoms with Gasteiger partial charge in [0.15, 0.2) is 0 Å². The Hall–Kier alpha value is -1.22. The van der Waals surface area contributed by atoms with Crippen molar-refractivity contribution in [2.24, 2.45) is 0 Å². The Kier molecular flexibility index (Phi) is 4.12. The molecule has 0 unspecified atom stereocenters. The number of aliphatic hydroxyl groups is 1. The van der Waals surface area contributed by atoms with E-state index in [4.69, 9.17) is 27.9 Å². The van der Waals surface area contributed by atoms with Crippen LogP contribution in [0.2, 0.25) is 10.0 Å². The molecule has 2 aromatic rings. The molecule has 2 rings (SSSR count). The highest BCUT2D eigenvalue weighted by atomic mass is 35.5. The molecule has 0 fully saturated rings. The molecule has 0 aliphatic carbocycles. The number of hydrogen-bond donors (Lipinski definition) is 1. The molecule has 0 atom stereocenters. The first-order valence-corrected chi connectivity index (χ1v) is 6.19. The fourth-order valence-electron chi connectivity index (χ4n) is 1.56. The molecule has 0 aliphatic rings. The number of hydrogen-bond acceptors (Lipinski definition) is 2. The molecule has 0 saturated heterocycles. The summed E-state index contributed by atoms with van der Waals surface area (Å²) in [6, 6.07) is 10.5. The highest BCUT2D eigenvalue weighted by molar-refractivity contribution is 6.31. The fraction of sp³-hybridized carbons (Fsp3) is 0.143. The van der Waals surface area contributed by atoms with Gasteiger partial charge in [-0.15, -0.1) is 0 Å². The van der Waals surface area contributed by atoms with Gasteiger partial charge in [-0.25, -0.2) is 0 Å². The van der Waals surface area contributed by atoms with Crippen molar-refractivity contribution in [1.82, 2.24) is 0 Å². The van der Waals surface area contributed by atoms with E-state index in [9.17, 15) is 5.11 Å². The fourth-order valence-corrected chi connectivity index (χ4v) is 1.84. The van der Waals surface area contributed by atoms with E-state index in [1.165, 1.54) is 0 Å². The minimum atomic E-state index is -0.0981. The van der Waals surface area contributed by atoms with Gasteiger partial charge < -0.3 is 9.84 Å². The zero-order valence-electron chi connectivity index (χ0n) is 9.78. The Morgan fingerprint density at radius 1 is 1.11 bits per heavy atom. The Balaban J connectivity index is 2.33. The van der Waals surface area contributed by atoms with Crippen molar-refractivity contribution in [2.45, 2.75) is 13.5 Å². The van der Waals surface area contributed by atoms with E-state index in [0.717, 1.165) is 5.56 Å². The number of aliphatic hydroxyl groups excluding tert-OH is 1. The summed E-state index contributed by atoms with van der Waals surface area (Å²) in [4.78, 5) is 0. The van der Waals surface area contributed by atoms with E-state index in [2.05, 4.69) is 0 Å². The third-order valence-electron chi connectivity index (χ3n) is 2.56. The number of aryl methyl sites for hydroxylation is 1. The predicted molar refractivity (Wildman–Crippen MR) is 73.6 cm³/mol.